The van der Waals surface area contributed by atoms with Crippen molar-refractivity contribution in [3.8, 4) is 0 Å². The van der Waals surface area contributed by atoms with E-state index >= 15 is 0 Å². The number of rotatable bonds is 4. The molecule has 0 atom stereocenters. The molecule has 0 amide bonds. The second-order valence-corrected chi connectivity index (χ2v) is 7.58. The summed E-state index contributed by atoms with van der Waals surface area (Å²) in [4.78, 5) is 10.6. The van der Waals surface area contributed by atoms with Crippen LogP contribution in [0.25, 0.3) is 0 Å². The maximum Gasteiger partial charge on any atom is 0.418 e. The second kappa shape index (κ2) is 6.81. The molecule has 0 saturated heterocycles. The molecule has 0 aliphatic carbocycles. The Kier molecular flexibility index (Phi) is 5.25. The van der Waals surface area contributed by atoms with Gasteiger partial charge in [-0.15, -0.1) is 0 Å². The van der Waals surface area contributed by atoms with Crippen LogP contribution in [-0.2, 0) is 16.2 Å². The molecule has 2 aromatic rings. The van der Waals surface area contributed by atoms with E-state index in [-0.39, 0.29) is 10.6 Å². The maximum atomic E-state index is 13.1. The Morgan fingerprint density at radius 1 is 1.15 bits per heavy atom. The van der Waals surface area contributed by atoms with Gasteiger partial charge in [0.1, 0.15) is 0 Å². The molecule has 1 N–H and O–H groups in total. The summed E-state index contributed by atoms with van der Waals surface area (Å²) in [5.74, 6) is -1.60. The Morgan fingerprint density at radius 2 is 1.77 bits per heavy atom. The summed E-state index contributed by atoms with van der Waals surface area (Å²) >= 11 is 5.56. The van der Waals surface area contributed by atoms with Crippen LogP contribution in [0.15, 0.2) is 35.2 Å². The van der Waals surface area contributed by atoms with Crippen molar-refractivity contribution in [2.45, 2.75) is 24.9 Å². The van der Waals surface area contributed by atoms with Crippen LogP contribution in [0.5, 0.6) is 0 Å². The van der Waals surface area contributed by atoms with E-state index in [2.05, 4.69) is 0 Å². The van der Waals surface area contributed by atoms with Gasteiger partial charge in [-0.1, -0.05) is 11.6 Å². The van der Waals surface area contributed by atoms with Crippen molar-refractivity contribution >= 4 is 33.3 Å². The Morgan fingerprint density at radius 3 is 2.31 bits per heavy atom. The molecule has 0 radical (unpaired) electrons. The van der Waals surface area contributed by atoms with Crippen LogP contribution in [-0.4, -0.2) is 14.4 Å². The van der Waals surface area contributed by atoms with Gasteiger partial charge in [-0.05, 0) is 60.9 Å². The number of aromatic carboxylic acids is 1. The van der Waals surface area contributed by atoms with Crippen LogP contribution >= 0.6 is 11.6 Å². The number of carboxylic acids is 1. The SMILES string of the molecule is Cc1cc(C(=O)[O-])cc(S(=O)(=O)Nc2ccc(Cl)cc2C(F)(F)F)c1C. The van der Waals surface area contributed by atoms with Crippen LogP contribution < -0.4 is 9.83 Å². The van der Waals surface area contributed by atoms with Crippen molar-refractivity contribution in [2.75, 3.05) is 4.72 Å². The molecule has 0 spiro atoms. The van der Waals surface area contributed by atoms with Gasteiger partial charge in [-0.2, -0.15) is 13.2 Å². The van der Waals surface area contributed by atoms with Crippen LogP contribution in [0.2, 0.25) is 5.02 Å². The number of hydrogen-bond acceptors (Lipinski definition) is 4. The highest BCUT2D eigenvalue weighted by atomic mass is 35.5. The molecule has 0 unspecified atom stereocenters. The van der Waals surface area contributed by atoms with Gasteiger partial charge < -0.3 is 9.90 Å². The van der Waals surface area contributed by atoms with Gasteiger partial charge in [0, 0.05) is 5.02 Å². The number of nitrogens with one attached hydrogen (secondary N) is 1. The van der Waals surface area contributed by atoms with Gasteiger partial charge >= 0.3 is 6.18 Å². The summed E-state index contributed by atoms with van der Waals surface area (Å²) in [6.07, 6.45) is -4.85. The van der Waals surface area contributed by atoms with E-state index < -0.39 is 43.9 Å². The largest absolute Gasteiger partial charge is 0.545 e. The molecule has 26 heavy (non-hydrogen) atoms. The Hall–Kier alpha value is -2.26. The van der Waals surface area contributed by atoms with Crippen LogP contribution in [0.4, 0.5) is 18.9 Å². The molecule has 0 heterocycles. The van der Waals surface area contributed by atoms with Crippen LogP contribution in [0, 0.1) is 13.8 Å². The van der Waals surface area contributed by atoms with Gasteiger partial charge in [-0.3, -0.25) is 4.72 Å². The second-order valence-electron chi connectivity index (χ2n) is 5.50. The highest BCUT2D eigenvalue weighted by molar-refractivity contribution is 7.92. The number of carboxylic acid groups (broad SMARTS) is 1. The van der Waals surface area contributed by atoms with Crippen molar-refractivity contribution in [1.29, 1.82) is 0 Å². The molecule has 10 heteroatoms. The zero-order valence-electron chi connectivity index (χ0n) is 13.4. The Labute approximate surface area is 152 Å². The maximum absolute atomic E-state index is 13.1. The number of hydrogen-bond donors (Lipinski definition) is 1. The van der Waals surface area contributed by atoms with E-state index in [0.717, 1.165) is 18.2 Å². The van der Waals surface area contributed by atoms with Crippen LogP contribution in [0.3, 0.4) is 0 Å². The Balaban J connectivity index is 2.60. The van der Waals surface area contributed by atoms with E-state index in [1.54, 1.807) is 0 Å². The fraction of sp³-hybridized carbons (Fsp3) is 0.188. The summed E-state index contributed by atoms with van der Waals surface area (Å²) < 4.78 is 66.4. The molecule has 0 fully saturated rings. The predicted octanol–water partition coefficient (Wildman–Crippen LogP) is 3.14. The summed E-state index contributed by atoms with van der Waals surface area (Å²) in [7, 11) is -4.50. The van der Waals surface area contributed by atoms with Crippen molar-refractivity contribution < 1.29 is 31.5 Å². The fourth-order valence-corrected chi connectivity index (χ4v) is 3.86. The molecule has 0 saturated carbocycles. The van der Waals surface area contributed by atoms with Gasteiger partial charge in [0.05, 0.1) is 22.1 Å². The minimum absolute atomic E-state index is 0.199. The van der Waals surface area contributed by atoms with E-state index in [0.29, 0.717) is 11.6 Å². The Bertz CT molecular complexity index is 988. The topological polar surface area (TPSA) is 86.3 Å². The fourth-order valence-electron chi connectivity index (χ4n) is 2.26. The number of carbonyl (C=O) groups excluding carboxylic acids is 1. The summed E-state index contributed by atoms with van der Waals surface area (Å²) in [6, 6.07) is 4.63. The summed E-state index contributed by atoms with van der Waals surface area (Å²) in [5.41, 5.74) is -1.86. The quantitative estimate of drug-likeness (QED) is 0.845. The van der Waals surface area contributed by atoms with Crippen LogP contribution in [0.1, 0.15) is 27.0 Å². The first-order chi connectivity index (χ1) is 11.8. The number of halogens is 4. The lowest BCUT2D eigenvalue weighted by Gasteiger charge is -2.17. The predicted molar refractivity (Wildman–Crippen MR) is 87.5 cm³/mol. The molecule has 0 aromatic heterocycles. The third-order valence-electron chi connectivity index (χ3n) is 3.68. The first kappa shape index (κ1) is 20.1. The average molecular weight is 407 g/mol. The smallest absolute Gasteiger partial charge is 0.418 e. The molecular weight excluding hydrogens is 395 g/mol. The highest BCUT2D eigenvalue weighted by Crippen LogP contribution is 2.37. The first-order valence-corrected chi connectivity index (χ1v) is 8.91. The minimum atomic E-state index is -4.85. The van der Waals surface area contributed by atoms with E-state index in [1.807, 2.05) is 4.72 Å². The average Bonchev–Trinajstić information content (AvgIpc) is 2.50. The zero-order valence-corrected chi connectivity index (χ0v) is 15.0. The van der Waals surface area contributed by atoms with Gasteiger partial charge in [0.25, 0.3) is 10.0 Å². The first-order valence-electron chi connectivity index (χ1n) is 7.05. The monoisotopic (exact) mass is 406 g/mol. The number of benzene rings is 2. The lowest BCUT2D eigenvalue weighted by molar-refractivity contribution is -0.255. The molecule has 2 aromatic carbocycles. The van der Waals surface area contributed by atoms with Crippen molar-refractivity contribution in [3.63, 3.8) is 0 Å². The third kappa shape index (κ3) is 4.10. The number of carbonyl (C=O) groups is 1. The van der Waals surface area contributed by atoms with Crippen molar-refractivity contribution in [2.24, 2.45) is 0 Å². The molecular formula is C16H12ClF3NO4S-. The third-order valence-corrected chi connectivity index (χ3v) is 5.40. The van der Waals surface area contributed by atoms with Gasteiger partial charge in [-0.25, -0.2) is 8.42 Å². The van der Waals surface area contributed by atoms with Crippen molar-refractivity contribution in [3.05, 3.63) is 57.6 Å². The molecule has 140 valence electrons. The standard InChI is InChI=1S/C16H13ClF3NO4S/c1-8-5-10(15(22)23)6-14(9(8)2)26(24,25)21-13-4-3-11(17)7-12(13)16(18,19)20/h3-7,21H,1-2H3,(H,22,23)/p-1. The number of anilines is 1. The number of alkyl halides is 3. The number of aryl methyl sites for hydroxylation is 1. The van der Waals surface area contributed by atoms with Gasteiger partial charge in [0.2, 0.25) is 0 Å². The molecule has 0 aliphatic heterocycles. The van der Waals surface area contributed by atoms with E-state index in [9.17, 15) is 31.5 Å². The minimum Gasteiger partial charge on any atom is -0.545 e. The van der Waals surface area contributed by atoms with Gasteiger partial charge in [0.15, 0.2) is 0 Å². The lowest BCUT2D eigenvalue weighted by Crippen LogP contribution is -2.24. The molecule has 0 aliphatic rings. The van der Waals surface area contributed by atoms with E-state index in [4.69, 9.17) is 11.6 Å². The summed E-state index contributed by atoms with van der Waals surface area (Å²) in [6.45, 7) is 2.89. The number of sulfonamides is 1. The molecule has 0 bridgehead atoms. The lowest BCUT2D eigenvalue weighted by atomic mass is 10.1. The normalized spacial score (nSPS) is 12.1. The highest BCUT2D eigenvalue weighted by Gasteiger charge is 2.35. The molecule has 2 rings (SSSR count). The zero-order chi connectivity index (χ0) is 19.9. The van der Waals surface area contributed by atoms with E-state index in [1.165, 1.54) is 19.9 Å². The summed E-state index contributed by atoms with van der Waals surface area (Å²) in [5, 5.41) is 10.8. The molecule has 5 nitrogen and oxygen atoms in total. The van der Waals surface area contributed by atoms with Crippen molar-refractivity contribution in [1.82, 2.24) is 0 Å².